The lowest BCUT2D eigenvalue weighted by Crippen LogP contribution is -2.42. The molecule has 8 heteroatoms. The number of sulfone groups is 1. The second-order valence-electron chi connectivity index (χ2n) is 5.92. The summed E-state index contributed by atoms with van der Waals surface area (Å²) in [6.45, 7) is 2.27. The van der Waals surface area contributed by atoms with Crippen LogP contribution < -0.4 is 9.64 Å². The molecular formula is C19H17F2NO4S. The molecule has 0 aromatic heterocycles. The molecule has 0 saturated heterocycles. The Bertz CT molecular complexity index is 967. The monoisotopic (exact) mass is 393 g/mol. The van der Waals surface area contributed by atoms with Crippen molar-refractivity contribution in [3.05, 3.63) is 71.1 Å². The second-order valence-corrected chi connectivity index (χ2v) is 7.86. The van der Waals surface area contributed by atoms with Crippen LogP contribution in [0.3, 0.4) is 0 Å². The van der Waals surface area contributed by atoms with Gasteiger partial charge >= 0.3 is 0 Å². The number of carbonyl (C=O) groups excluding carboxylic acids is 1. The molecular weight excluding hydrogens is 376 g/mol. The number of anilines is 1. The molecule has 1 aliphatic heterocycles. The van der Waals surface area contributed by atoms with Crippen molar-refractivity contribution < 1.29 is 26.7 Å². The van der Waals surface area contributed by atoms with Gasteiger partial charge in [-0.2, -0.15) is 0 Å². The molecule has 1 amide bonds. The Morgan fingerprint density at radius 3 is 2.30 bits per heavy atom. The van der Waals surface area contributed by atoms with Gasteiger partial charge in [-0.05, 0) is 49.4 Å². The summed E-state index contributed by atoms with van der Waals surface area (Å²) in [5.41, 5.74) is -0.429. The molecule has 0 fully saturated rings. The molecule has 0 N–H and O–H groups in total. The number of halogens is 2. The maximum absolute atomic E-state index is 14.1. The summed E-state index contributed by atoms with van der Waals surface area (Å²) < 4.78 is 57.3. The van der Waals surface area contributed by atoms with Crippen LogP contribution in [0, 0.1) is 11.6 Å². The van der Waals surface area contributed by atoms with Crippen molar-refractivity contribution in [2.75, 3.05) is 17.3 Å². The zero-order valence-corrected chi connectivity index (χ0v) is 15.2. The van der Waals surface area contributed by atoms with E-state index in [-0.39, 0.29) is 5.75 Å². The lowest BCUT2D eigenvalue weighted by molar-refractivity contribution is 0.0975. The minimum Gasteiger partial charge on any atom is -0.494 e. The molecule has 1 heterocycles. The molecule has 0 unspecified atom stereocenters. The molecule has 3 rings (SSSR count). The van der Waals surface area contributed by atoms with Gasteiger partial charge in [0.25, 0.3) is 5.91 Å². The number of amides is 1. The van der Waals surface area contributed by atoms with Crippen molar-refractivity contribution in [3.8, 4) is 5.75 Å². The van der Waals surface area contributed by atoms with E-state index in [1.165, 1.54) is 6.08 Å². The van der Waals surface area contributed by atoms with Gasteiger partial charge in [0.05, 0.1) is 18.4 Å². The van der Waals surface area contributed by atoms with E-state index < -0.39 is 39.0 Å². The van der Waals surface area contributed by atoms with Crippen LogP contribution in [0.25, 0.3) is 0 Å². The van der Waals surface area contributed by atoms with Gasteiger partial charge in [0.15, 0.2) is 9.84 Å². The van der Waals surface area contributed by atoms with Crippen molar-refractivity contribution in [2.45, 2.75) is 13.0 Å². The smallest absolute Gasteiger partial charge is 0.264 e. The molecule has 1 aliphatic rings. The third-order valence-corrected chi connectivity index (χ3v) is 5.44. The number of carbonyl (C=O) groups is 1. The van der Waals surface area contributed by atoms with E-state index in [4.69, 9.17) is 4.74 Å². The van der Waals surface area contributed by atoms with E-state index in [1.54, 1.807) is 24.3 Å². The molecule has 0 saturated carbocycles. The van der Waals surface area contributed by atoms with Crippen LogP contribution >= 0.6 is 0 Å². The minimum absolute atomic E-state index is 0.304. The first-order chi connectivity index (χ1) is 12.8. The third kappa shape index (κ3) is 4.00. The molecule has 27 heavy (non-hydrogen) atoms. The summed E-state index contributed by atoms with van der Waals surface area (Å²) in [5, 5.41) is 1.00. The molecule has 142 valence electrons. The van der Waals surface area contributed by atoms with Gasteiger partial charge in [-0.1, -0.05) is 6.07 Å². The Hall–Kier alpha value is -2.74. The first kappa shape index (κ1) is 19.0. The first-order valence-corrected chi connectivity index (χ1v) is 9.95. The van der Waals surface area contributed by atoms with E-state index in [0.717, 1.165) is 28.5 Å². The number of rotatable bonds is 5. The van der Waals surface area contributed by atoms with Crippen LogP contribution in [-0.4, -0.2) is 32.7 Å². The molecule has 0 aliphatic carbocycles. The summed E-state index contributed by atoms with van der Waals surface area (Å²) in [4.78, 5) is 14.1. The fourth-order valence-corrected chi connectivity index (χ4v) is 4.14. The summed E-state index contributed by atoms with van der Waals surface area (Å²) in [5.74, 6) is -2.79. The van der Waals surface area contributed by atoms with Crippen molar-refractivity contribution in [1.29, 1.82) is 0 Å². The summed E-state index contributed by atoms with van der Waals surface area (Å²) in [6, 6.07) is 8.53. The van der Waals surface area contributed by atoms with Crippen molar-refractivity contribution in [1.82, 2.24) is 0 Å². The Morgan fingerprint density at radius 2 is 1.78 bits per heavy atom. The van der Waals surface area contributed by atoms with Crippen molar-refractivity contribution in [3.63, 3.8) is 0 Å². The van der Waals surface area contributed by atoms with E-state index >= 15 is 0 Å². The van der Waals surface area contributed by atoms with Crippen LogP contribution in [0.2, 0.25) is 0 Å². The fraction of sp³-hybridized carbons (Fsp3) is 0.211. The van der Waals surface area contributed by atoms with Crippen molar-refractivity contribution >= 4 is 21.4 Å². The van der Waals surface area contributed by atoms with E-state index in [1.807, 2.05) is 6.92 Å². The highest BCUT2D eigenvalue weighted by molar-refractivity contribution is 7.94. The van der Waals surface area contributed by atoms with Gasteiger partial charge in [-0.15, -0.1) is 0 Å². The topological polar surface area (TPSA) is 63.7 Å². The van der Waals surface area contributed by atoms with Gasteiger partial charge in [-0.3, -0.25) is 4.79 Å². The number of nitrogens with zero attached hydrogens (tertiary/aromatic N) is 1. The Labute approximate surface area is 155 Å². The van der Waals surface area contributed by atoms with E-state index in [9.17, 15) is 22.0 Å². The molecule has 2 aromatic carbocycles. The average Bonchev–Trinajstić information content (AvgIpc) is 2.96. The standard InChI is InChI=1S/C19H17F2NO4S/c1-2-26-15-8-6-13(7-9-15)22(14-10-11-27(24,25)12-14)19(23)18-16(20)4-3-5-17(18)21/h3-11,14H,2,12H2,1H3/t14-/m0/s1. The third-order valence-electron chi connectivity index (χ3n) is 4.06. The summed E-state index contributed by atoms with van der Waals surface area (Å²) in [7, 11) is -3.49. The van der Waals surface area contributed by atoms with Crippen LogP contribution in [0.5, 0.6) is 5.75 Å². The number of hydrogen-bond acceptors (Lipinski definition) is 4. The predicted octanol–water partition coefficient (Wildman–Crippen LogP) is 3.32. The van der Waals surface area contributed by atoms with E-state index in [0.29, 0.717) is 18.0 Å². The molecule has 5 nitrogen and oxygen atoms in total. The van der Waals surface area contributed by atoms with Crippen LogP contribution in [0.1, 0.15) is 17.3 Å². The minimum atomic E-state index is -3.49. The van der Waals surface area contributed by atoms with Crippen LogP contribution in [0.4, 0.5) is 14.5 Å². The second kappa shape index (κ2) is 7.48. The average molecular weight is 393 g/mol. The lowest BCUT2D eigenvalue weighted by atomic mass is 10.1. The maximum Gasteiger partial charge on any atom is 0.264 e. The summed E-state index contributed by atoms with van der Waals surface area (Å²) in [6.07, 6.45) is 1.34. The molecule has 0 spiro atoms. The van der Waals surface area contributed by atoms with Gasteiger partial charge in [0.2, 0.25) is 0 Å². The van der Waals surface area contributed by atoms with Crippen LogP contribution in [0.15, 0.2) is 53.9 Å². The van der Waals surface area contributed by atoms with E-state index in [2.05, 4.69) is 0 Å². The zero-order valence-electron chi connectivity index (χ0n) is 14.4. The highest BCUT2D eigenvalue weighted by Gasteiger charge is 2.34. The SMILES string of the molecule is CCOc1ccc(N(C(=O)c2c(F)cccc2F)[C@H]2C=CS(=O)(=O)C2)cc1. The van der Waals surface area contributed by atoms with Gasteiger partial charge in [-0.25, -0.2) is 17.2 Å². The maximum atomic E-state index is 14.1. The number of ether oxygens (including phenoxy) is 1. The fourth-order valence-electron chi connectivity index (χ4n) is 2.87. The molecule has 0 bridgehead atoms. The zero-order chi connectivity index (χ0) is 19.6. The summed E-state index contributed by atoms with van der Waals surface area (Å²) >= 11 is 0. The van der Waals surface area contributed by atoms with Crippen LogP contribution in [-0.2, 0) is 9.84 Å². The van der Waals surface area contributed by atoms with Crippen molar-refractivity contribution in [2.24, 2.45) is 0 Å². The Balaban J connectivity index is 2.05. The lowest BCUT2D eigenvalue weighted by Gasteiger charge is -2.28. The number of benzene rings is 2. The molecule has 1 atom stereocenters. The molecule has 0 radical (unpaired) electrons. The predicted molar refractivity (Wildman–Crippen MR) is 97.5 cm³/mol. The largest absolute Gasteiger partial charge is 0.494 e. The van der Waals surface area contributed by atoms with Gasteiger partial charge in [0.1, 0.15) is 22.9 Å². The highest BCUT2D eigenvalue weighted by atomic mass is 32.2. The quantitative estimate of drug-likeness (QED) is 0.782. The Morgan fingerprint density at radius 1 is 1.15 bits per heavy atom. The molecule has 2 aromatic rings. The number of hydrogen-bond donors (Lipinski definition) is 0. The first-order valence-electron chi connectivity index (χ1n) is 8.24. The van der Waals surface area contributed by atoms with Gasteiger partial charge in [0, 0.05) is 11.1 Å². The Kier molecular flexibility index (Phi) is 5.27. The normalized spacial score (nSPS) is 17.7. The highest BCUT2D eigenvalue weighted by Crippen LogP contribution is 2.28. The van der Waals surface area contributed by atoms with Gasteiger partial charge < -0.3 is 9.64 Å².